The lowest BCUT2D eigenvalue weighted by Crippen LogP contribution is -2.48. The second-order valence-corrected chi connectivity index (χ2v) is 6.20. The first kappa shape index (κ1) is 13.3. The minimum absolute atomic E-state index is 0.211. The second kappa shape index (κ2) is 5.25. The molecule has 1 aromatic rings. The Morgan fingerprint density at radius 1 is 1.39 bits per heavy atom. The average Bonchev–Trinajstić information content (AvgIpc) is 2.78. The van der Waals surface area contributed by atoms with Gasteiger partial charge in [0.2, 0.25) is 0 Å². The van der Waals surface area contributed by atoms with Crippen molar-refractivity contribution in [3.63, 3.8) is 0 Å². The highest BCUT2D eigenvalue weighted by molar-refractivity contribution is 7.90. The highest BCUT2D eigenvalue weighted by Crippen LogP contribution is 2.12. The van der Waals surface area contributed by atoms with Crippen molar-refractivity contribution in [3.8, 4) is 0 Å². The third-order valence-corrected chi connectivity index (χ3v) is 4.30. The van der Waals surface area contributed by atoms with Gasteiger partial charge < -0.3 is 5.32 Å². The van der Waals surface area contributed by atoms with Crippen LogP contribution in [-0.4, -0.2) is 48.7 Å². The molecule has 7 nitrogen and oxygen atoms in total. The summed E-state index contributed by atoms with van der Waals surface area (Å²) in [6.45, 7) is 6.31. The van der Waals surface area contributed by atoms with Crippen molar-refractivity contribution in [2.45, 2.75) is 19.9 Å². The molecule has 0 saturated carbocycles. The Bertz CT molecular complexity index is 490. The molecule has 102 valence electrons. The molecule has 1 aliphatic rings. The van der Waals surface area contributed by atoms with Crippen LogP contribution in [0.1, 0.15) is 19.9 Å². The van der Waals surface area contributed by atoms with E-state index in [1.807, 2.05) is 13.8 Å². The Kier molecular flexibility index (Phi) is 3.88. The maximum atomic E-state index is 12.1. The molecule has 1 aromatic heterocycles. The maximum absolute atomic E-state index is 12.1. The molecule has 0 aromatic carbocycles. The van der Waals surface area contributed by atoms with Crippen LogP contribution in [0.15, 0.2) is 12.3 Å². The zero-order valence-electron chi connectivity index (χ0n) is 10.6. The molecule has 2 rings (SSSR count). The van der Waals surface area contributed by atoms with Crippen molar-refractivity contribution >= 4 is 16.0 Å². The van der Waals surface area contributed by atoms with E-state index >= 15 is 0 Å². The molecule has 18 heavy (non-hydrogen) atoms. The van der Waals surface area contributed by atoms with Crippen LogP contribution in [0.4, 0.5) is 5.82 Å². The quantitative estimate of drug-likeness (QED) is 0.811. The highest BCUT2D eigenvalue weighted by Gasteiger charge is 2.24. The first-order valence-electron chi connectivity index (χ1n) is 6.03. The van der Waals surface area contributed by atoms with Gasteiger partial charge in [-0.15, -0.1) is 0 Å². The Balaban J connectivity index is 2.06. The fourth-order valence-electron chi connectivity index (χ4n) is 1.76. The monoisotopic (exact) mass is 273 g/mol. The topological polar surface area (TPSA) is 79.3 Å². The van der Waals surface area contributed by atoms with Crippen LogP contribution in [0.3, 0.4) is 0 Å². The van der Waals surface area contributed by atoms with Crippen LogP contribution < -0.4 is 10.0 Å². The van der Waals surface area contributed by atoms with Crippen LogP contribution >= 0.6 is 0 Å². The van der Waals surface area contributed by atoms with Crippen molar-refractivity contribution in [2.75, 3.05) is 30.9 Å². The summed E-state index contributed by atoms with van der Waals surface area (Å²) < 4.78 is 29.8. The number of piperazine rings is 1. The maximum Gasteiger partial charge on any atom is 0.302 e. The SMILES string of the molecule is CC(C)n1ccc(NS(=O)(=O)N2CCNCC2)n1. The van der Waals surface area contributed by atoms with Gasteiger partial charge in [0, 0.05) is 44.5 Å². The van der Waals surface area contributed by atoms with Crippen LogP contribution in [0.5, 0.6) is 0 Å². The normalized spacial score (nSPS) is 18.2. The summed E-state index contributed by atoms with van der Waals surface area (Å²) >= 11 is 0. The number of nitrogens with one attached hydrogen (secondary N) is 2. The van der Waals surface area contributed by atoms with Gasteiger partial charge in [0.1, 0.15) is 0 Å². The van der Waals surface area contributed by atoms with E-state index in [2.05, 4.69) is 15.1 Å². The molecule has 0 aliphatic carbocycles. The summed E-state index contributed by atoms with van der Waals surface area (Å²) in [6, 6.07) is 1.88. The highest BCUT2D eigenvalue weighted by atomic mass is 32.2. The molecule has 1 aliphatic heterocycles. The lowest BCUT2D eigenvalue weighted by Gasteiger charge is -2.26. The molecule has 1 fully saturated rings. The molecule has 0 spiro atoms. The van der Waals surface area contributed by atoms with Crippen molar-refractivity contribution in [2.24, 2.45) is 0 Å². The predicted octanol–water partition coefficient (Wildman–Crippen LogP) is 0.0259. The van der Waals surface area contributed by atoms with Gasteiger partial charge in [0.25, 0.3) is 0 Å². The minimum Gasteiger partial charge on any atom is -0.314 e. The van der Waals surface area contributed by atoms with Crippen LogP contribution in [-0.2, 0) is 10.2 Å². The number of rotatable bonds is 4. The molecule has 8 heteroatoms. The summed E-state index contributed by atoms with van der Waals surface area (Å²) in [5.74, 6) is 0.363. The first-order chi connectivity index (χ1) is 8.49. The Labute approximate surface area is 107 Å². The summed E-state index contributed by atoms with van der Waals surface area (Å²) in [7, 11) is -3.48. The van der Waals surface area contributed by atoms with E-state index in [0.29, 0.717) is 32.0 Å². The predicted molar refractivity (Wildman–Crippen MR) is 69.6 cm³/mol. The molecule has 1 saturated heterocycles. The molecule has 0 radical (unpaired) electrons. The summed E-state index contributed by atoms with van der Waals surface area (Å²) in [4.78, 5) is 0. The summed E-state index contributed by atoms with van der Waals surface area (Å²) in [5.41, 5.74) is 0. The van der Waals surface area contributed by atoms with Gasteiger partial charge in [-0.05, 0) is 13.8 Å². The second-order valence-electron chi connectivity index (χ2n) is 4.53. The van der Waals surface area contributed by atoms with E-state index in [1.165, 1.54) is 4.31 Å². The number of anilines is 1. The van der Waals surface area contributed by atoms with E-state index in [1.54, 1.807) is 16.9 Å². The fourth-order valence-corrected chi connectivity index (χ4v) is 2.93. The molecular formula is C10H19N5O2S. The largest absolute Gasteiger partial charge is 0.314 e. The van der Waals surface area contributed by atoms with Gasteiger partial charge in [0.05, 0.1) is 0 Å². The lowest BCUT2D eigenvalue weighted by molar-refractivity contribution is 0.362. The van der Waals surface area contributed by atoms with Gasteiger partial charge in [-0.3, -0.25) is 9.40 Å². The molecule has 0 bridgehead atoms. The van der Waals surface area contributed by atoms with Crippen LogP contribution in [0, 0.1) is 0 Å². The fraction of sp³-hybridized carbons (Fsp3) is 0.700. The number of nitrogens with zero attached hydrogens (tertiary/aromatic N) is 3. The Morgan fingerprint density at radius 2 is 2.06 bits per heavy atom. The molecule has 0 amide bonds. The first-order valence-corrected chi connectivity index (χ1v) is 7.47. The van der Waals surface area contributed by atoms with E-state index < -0.39 is 10.2 Å². The van der Waals surface area contributed by atoms with Crippen molar-refractivity contribution in [1.29, 1.82) is 0 Å². The average molecular weight is 273 g/mol. The smallest absolute Gasteiger partial charge is 0.302 e. The van der Waals surface area contributed by atoms with E-state index in [-0.39, 0.29) is 6.04 Å². The van der Waals surface area contributed by atoms with E-state index in [0.717, 1.165) is 0 Å². The standard InChI is InChI=1S/C10H19N5O2S/c1-9(2)15-6-3-10(12-15)13-18(16,17)14-7-4-11-5-8-14/h3,6,9,11H,4-5,7-8H2,1-2H3,(H,12,13). The van der Waals surface area contributed by atoms with Gasteiger partial charge in [0.15, 0.2) is 5.82 Å². The van der Waals surface area contributed by atoms with Crippen molar-refractivity contribution < 1.29 is 8.42 Å². The molecule has 2 N–H and O–H groups in total. The van der Waals surface area contributed by atoms with Crippen LogP contribution in [0.25, 0.3) is 0 Å². The minimum atomic E-state index is -3.48. The third-order valence-electron chi connectivity index (χ3n) is 2.79. The van der Waals surface area contributed by atoms with Crippen molar-refractivity contribution in [3.05, 3.63) is 12.3 Å². The molecule has 0 atom stereocenters. The van der Waals surface area contributed by atoms with Crippen LogP contribution in [0.2, 0.25) is 0 Å². The van der Waals surface area contributed by atoms with Gasteiger partial charge >= 0.3 is 10.2 Å². The number of hydrogen-bond donors (Lipinski definition) is 2. The van der Waals surface area contributed by atoms with Crippen molar-refractivity contribution in [1.82, 2.24) is 19.4 Å². The van der Waals surface area contributed by atoms with E-state index in [9.17, 15) is 8.42 Å². The molecular weight excluding hydrogens is 254 g/mol. The number of hydrogen-bond acceptors (Lipinski definition) is 4. The zero-order valence-corrected chi connectivity index (χ0v) is 11.4. The third kappa shape index (κ3) is 3.01. The Hall–Kier alpha value is -1.12. The summed E-state index contributed by atoms with van der Waals surface area (Å²) in [6.07, 6.45) is 1.76. The lowest BCUT2D eigenvalue weighted by atomic mass is 10.4. The van der Waals surface area contributed by atoms with E-state index in [4.69, 9.17) is 0 Å². The van der Waals surface area contributed by atoms with Gasteiger partial charge in [-0.2, -0.15) is 17.8 Å². The van der Waals surface area contributed by atoms with Gasteiger partial charge in [-0.25, -0.2) is 0 Å². The molecule has 2 heterocycles. The summed E-state index contributed by atoms with van der Waals surface area (Å²) in [5, 5.41) is 7.29. The number of aromatic nitrogens is 2. The molecule has 0 unspecified atom stereocenters. The van der Waals surface area contributed by atoms with Gasteiger partial charge in [-0.1, -0.05) is 0 Å². The Morgan fingerprint density at radius 3 is 2.61 bits per heavy atom. The zero-order chi connectivity index (χ0) is 13.2.